The fraction of sp³-hybridized carbons (Fsp3) is 0.652. The number of phosphoric acid groups is 1. The van der Waals surface area contributed by atoms with Gasteiger partial charge in [-0.05, 0) is 83.5 Å². The minimum atomic E-state index is -4.63. The van der Waals surface area contributed by atoms with Crippen molar-refractivity contribution in [1.82, 2.24) is 0 Å². The number of unbranched alkanes of at least 4 members (excludes halogenated alkanes) is 12. The van der Waals surface area contributed by atoms with Gasteiger partial charge in [-0.25, -0.2) is 4.57 Å². The average molecular weight is 820 g/mol. The van der Waals surface area contributed by atoms with E-state index in [0.717, 1.165) is 116 Å². The number of carboxylic acid groups (broad SMARTS) is 1. The molecule has 0 heterocycles. The quantitative estimate of drug-likeness (QED) is 0.0235. The number of hydrogen-bond acceptors (Lipinski definition) is 8. The molecule has 0 saturated heterocycles. The van der Waals surface area contributed by atoms with Gasteiger partial charge in [0.2, 0.25) is 0 Å². The number of nitrogens with two attached hydrogens (primary N) is 1. The van der Waals surface area contributed by atoms with Gasteiger partial charge < -0.3 is 25.2 Å². The highest BCUT2D eigenvalue weighted by Gasteiger charge is 2.27. The van der Waals surface area contributed by atoms with Gasteiger partial charge in [-0.3, -0.25) is 18.6 Å². The largest absolute Gasteiger partial charge is 0.480 e. The van der Waals surface area contributed by atoms with Crippen molar-refractivity contribution >= 4 is 19.8 Å². The maximum absolute atomic E-state index is 12.6. The van der Waals surface area contributed by atoms with Crippen molar-refractivity contribution < 1.29 is 42.7 Å². The molecule has 11 heteroatoms. The molecule has 0 aromatic rings. The molecule has 0 aromatic carbocycles. The van der Waals surface area contributed by atoms with Crippen LogP contribution >= 0.6 is 7.82 Å². The van der Waals surface area contributed by atoms with E-state index in [1.807, 2.05) is 0 Å². The molecule has 0 aliphatic heterocycles. The Labute approximate surface area is 346 Å². The third kappa shape index (κ3) is 41.1. The predicted octanol–water partition coefficient (Wildman–Crippen LogP) is 12.0. The number of phosphoric ester groups is 1. The van der Waals surface area contributed by atoms with Gasteiger partial charge in [0, 0.05) is 13.0 Å². The van der Waals surface area contributed by atoms with E-state index in [0.29, 0.717) is 13.0 Å². The maximum atomic E-state index is 12.6. The number of hydrogen-bond donors (Lipinski definition) is 3. The summed E-state index contributed by atoms with van der Waals surface area (Å²) in [5, 5.41) is 8.88. The number of esters is 1. The lowest BCUT2D eigenvalue weighted by Gasteiger charge is -2.20. The number of ether oxygens (including phenoxy) is 2. The van der Waals surface area contributed by atoms with Crippen molar-refractivity contribution in [3.8, 4) is 0 Å². The molecule has 0 saturated carbocycles. The van der Waals surface area contributed by atoms with Crippen LogP contribution in [0.3, 0.4) is 0 Å². The highest BCUT2D eigenvalue weighted by Crippen LogP contribution is 2.43. The fourth-order valence-electron chi connectivity index (χ4n) is 5.29. The molecule has 326 valence electrons. The minimum absolute atomic E-state index is 0.00512. The highest BCUT2D eigenvalue weighted by molar-refractivity contribution is 7.47. The van der Waals surface area contributed by atoms with Gasteiger partial charge in [-0.2, -0.15) is 0 Å². The normalized spacial score (nSPS) is 14.7. The molecule has 0 fully saturated rings. The summed E-state index contributed by atoms with van der Waals surface area (Å²) in [4.78, 5) is 33.5. The Bertz CT molecular complexity index is 1220. The summed E-state index contributed by atoms with van der Waals surface area (Å²) in [7, 11) is -4.63. The number of carbonyl (C=O) groups is 2. The van der Waals surface area contributed by atoms with Crippen molar-refractivity contribution in [2.75, 3.05) is 26.4 Å². The van der Waals surface area contributed by atoms with Crippen LogP contribution in [0.4, 0.5) is 0 Å². The van der Waals surface area contributed by atoms with E-state index >= 15 is 0 Å². The standard InChI is InChI=1S/C46H78NO9P/c1-3-5-7-9-11-13-15-16-17-18-19-20-21-22-23-24-25-26-27-29-31-33-35-37-39-53-40-43(41-54-57(51,52)55-42-44(47)46(49)50)56-45(48)38-36-34-32-30-28-14-12-10-8-6-4-2/h5,7,10-13,16-17,19-20,22-23,25-26,43-44H,3-4,6,8-9,14-15,18,21,24,27-42,47H2,1-2H3,(H,49,50)(H,51,52)/b7-5-,12-10-,13-11-,17-16-,20-19-,23-22-,26-25-. The van der Waals surface area contributed by atoms with E-state index in [1.54, 1.807) is 0 Å². The lowest BCUT2D eigenvalue weighted by molar-refractivity contribution is -0.154. The van der Waals surface area contributed by atoms with Crippen molar-refractivity contribution in [1.29, 1.82) is 0 Å². The van der Waals surface area contributed by atoms with Crippen molar-refractivity contribution in [3.63, 3.8) is 0 Å². The van der Waals surface area contributed by atoms with Gasteiger partial charge in [0.25, 0.3) is 0 Å². The second-order valence-electron chi connectivity index (χ2n) is 14.1. The van der Waals surface area contributed by atoms with Gasteiger partial charge in [0.1, 0.15) is 12.1 Å². The SMILES string of the molecule is CC/C=C\C/C=C\C/C=C\C/C=C\C/C=C\C/C=C\CCCCCCCOCC(COP(=O)(O)OCC(N)C(=O)O)OC(=O)CCCCCCC/C=C\CCCC. The average Bonchev–Trinajstić information content (AvgIpc) is 3.19. The van der Waals surface area contributed by atoms with Crippen LogP contribution in [0.2, 0.25) is 0 Å². The van der Waals surface area contributed by atoms with Crippen LogP contribution in [-0.2, 0) is 32.7 Å². The monoisotopic (exact) mass is 820 g/mol. The van der Waals surface area contributed by atoms with Gasteiger partial charge in [-0.1, -0.05) is 150 Å². The molecule has 0 amide bonds. The van der Waals surface area contributed by atoms with Crippen LogP contribution in [0.5, 0.6) is 0 Å². The second-order valence-corrected chi connectivity index (χ2v) is 15.5. The Kier molecular flexibility index (Phi) is 39.2. The summed E-state index contributed by atoms with van der Waals surface area (Å²) >= 11 is 0. The number of carboxylic acids is 1. The summed E-state index contributed by atoms with van der Waals surface area (Å²) in [5.41, 5.74) is 5.35. The van der Waals surface area contributed by atoms with Crippen LogP contribution in [-0.4, -0.2) is 60.5 Å². The van der Waals surface area contributed by atoms with E-state index in [2.05, 4.69) is 98.9 Å². The first-order valence-corrected chi connectivity index (χ1v) is 23.1. The summed E-state index contributed by atoms with van der Waals surface area (Å²) in [6.45, 7) is 3.64. The van der Waals surface area contributed by atoms with E-state index < -0.39 is 45.1 Å². The number of aliphatic carboxylic acids is 1. The number of rotatable bonds is 40. The van der Waals surface area contributed by atoms with Crippen LogP contribution in [0.25, 0.3) is 0 Å². The molecule has 4 N–H and O–H groups in total. The molecule has 3 atom stereocenters. The molecule has 0 aliphatic carbocycles. The summed E-state index contributed by atoms with van der Waals surface area (Å²) in [5.74, 6) is -1.81. The molecule has 0 bridgehead atoms. The highest BCUT2D eigenvalue weighted by atomic mass is 31.2. The van der Waals surface area contributed by atoms with Crippen molar-refractivity contribution in [2.24, 2.45) is 5.73 Å². The Balaban J connectivity index is 4.25. The zero-order valence-electron chi connectivity index (χ0n) is 35.4. The van der Waals surface area contributed by atoms with Gasteiger partial charge in [0.05, 0.1) is 19.8 Å². The Morgan fingerprint density at radius 3 is 1.54 bits per heavy atom. The van der Waals surface area contributed by atoms with Gasteiger partial charge in [0.15, 0.2) is 0 Å². The summed E-state index contributed by atoms with van der Waals surface area (Å²) in [6.07, 6.45) is 52.1. The van der Waals surface area contributed by atoms with Crippen LogP contribution in [0.15, 0.2) is 85.1 Å². The van der Waals surface area contributed by atoms with E-state index in [-0.39, 0.29) is 13.0 Å². The third-order valence-electron chi connectivity index (χ3n) is 8.66. The lowest BCUT2D eigenvalue weighted by atomic mass is 10.1. The summed E-state index contributed by atoms with van der Waals surface area (Å²) < 4.78 is 33.3. The second kappa shape index (κ2) is 41.3. The topological polar surface area (TPSA) is 155 Å². The maximum Gasteiger partial charge on any atom is 0.472 e. The van der Waals surface area contributed by atoms with Gasteiger partial charge >= 0.3 is 19.8 Å². The molecule has 0 aliphatic rings. The molecular weight excluding hydrogens is 741 g/mol. The molecule has 57 heavy (non-hydrogen) atoms. The Morgan fingerprint density at radius 1 is 0.579 bits per heavy atom. The fourth-order valence-corrected chi connectivity index (χ4v) is 6.07. The smallest absolute Gasteiger partial charge is 0.472 e. The first-order valence-electron chi connectivity index (χ1n) is 21.6. The zero-order valence-corrected chi connectivity index (χ0v) is 36.3. The molecule has 10 nitrogen and oxygen atoms in total. The van der Waals surface area contributed by atoms with Crippen LogP contribution in [0.1, 0.15) is 155 Å². The molecule has 0 spiro atoms. The summed E-state index contributed by atoms with van der Waals surface area (Å²) in [6, 6.07) is -1.48. The molecule has 0 rings (SSSR count). The van der Waals surface area contributed by atoms with Crippen molar-refractivity contribution in [3.05, 3.63) is 85.1 Å². The first kappa shape index (κ1) is 54.2. The molecule has 3 unspecified atom stereocenters. The van der Waals surface area contributed by atoms with Gasteiger partial charge in [-0.15, -0.1) is 0 Å². The van der Waals surface area contributed by atoms with Crippen molar-refractivity contribution in [2.45, 2.75) is 167 Å². The predicted molar refractivity (Wildman–Crippen MR) is 235 cm³/mol. The van der Waals surface area contributed by atoms with Crippen LogP contribution < -0.4 is 5.73 Å². The zero-order chi connectivity index (χ0) is 41.9. The van der Waals surface area contributed by atoms with E-state index in [1.165, 1.54) is 12.8 Å². The Morgan fingerprint density at radius 2 is 1.02 bits per heavy atom. The third-order valence-corrected chi connectivity index (χ3v) is 9.61. The number of carbonyl (C=O) groups excluding carboxylic acids is 1. The molecular formula is C46H78NO9P. The number of allylic oxidation sites excluding steroid dienone is 14. The van der Waals surface area contributed by atoms with E-state index in [9.17, 15) is 19.0 Å². The molecule has 0 aromatic heterocycles. The Hall–Kier alpha value is -2.85. The first-order chi connectivity index (χ1) is 27.7. The minimum Gasteiger partial charge on any atom is -0.480 e. The van der Waals surface area contributed by atoms with Crippen LogP contribution in [0, 0.1) is 0 Å². The van der Waals surface area contributed by atoms with E-state index in [4.69, 9.17) is 29.4 Å². The molecule has 0 radical (unpaired) electrons. The lowest BCUT2D eigenvalue weighted by Crippen LogP contribution is -2.34.